The van der Waals surface area contributed by atoms with E-state index in [-0.39, 0.29) is 23.1 Å². The molecular formula is C17H18N2O3. The monoisotopic (exact) mass is 298 g/mol. The number of carbonyl (C=O) groups excluding carboxylic acids is 1. The third kappa shape index (κ3) is 3.26. The van der Waals surface area contributed by atoms with Crippen molar-refractivity contribution in [1.82, 2.24) is 10.3 Å². The molecule has 1 aliphatic rings. The minimum Gasteiger partial charge on any atom is -0.376 e. The van der Waals surface area contributed by atoms with E-state index in [9.17, 15) is 9.59 Å². The Labute approximate surface area is 128 Å². The van der Waals surface area contributed by atoms with Crippen LogP contribution in [0.2, 0.25) is 0 Å². The number of H-pyrrole nitrogens is 1. The molecule has 0 saturated carbocycles. The topological polar surface area (TPSA) is 71.2 Å². The van der Waals surface area contributed by atoms with Crippen LogP contribution in [0, 0.1) is 0 Å². The number of amides is 1. The van der Waals surface area contributed by atoms with Crippen molar-refractivity contribution < 1.29 is 9.53 Å². The fourth-order valence-electron chi connectivity index (χ4n) is 2.55. The molecule has 2 aromatic rings. The van der Waals surface area contributed by atoms with Gasteiger partial charge in [0.1, 0.15) is 5.56 Å². The third-order valence-corrected chi connectivity index (χ3v) is 3.75. The molecule has 3 rings (SSSR count). The SMILES string of the molecule is O=C(NC[C@H]1CCCO1)c1ccc(-c2ccccc2)[nH]c1=O. The van der Waals surface area contributed by atoms with Crippen molar-refractivity contribution in [2.24, 2.45) is 0 Å². The maximum absolute atomic E-state index is 12.1. The van der Waals surface area contributed by atoms with Gasteiger partial charge in [-0.15, -0.1) is 0 Å². The normalized spacial score (nSPS) is 17.4. The minimum atomic E-state index is -0.383. The molecule has 0 radical (unpaired) electrons. The summed E-state index contributed by atoms with van der Waals surface area (Å²) in [5.41, 5.74) is 1.34. The summed E-state index contributed by atoms with van der Waals surface area (Å²) in [6, 6.07) is 12.8. The van der Waals surface area contributed by atoms with Gasteiger partial charge >= 0.3 is 0 Å². The van der Waals surface area contributed by atoms with Crippen molar-refractivity contribution in [1.29, 1.82) is 0 Å². The van der Waals surface area contributed by atoms with E-state index in [0.717, 1.165) is 25.0 Å². The molecule has 22 heavy (non-hydrogen) atoms. The van der Waals surface area contributed by atoms with Crippen molar-refractivity contribution in [2.75, 3.05) is 13.2 Å². The zero-order chi connectivity index (χ0) is 15.4. The molecule has 1 aromatic heterocycles. The average molecular weight is 298 g/mol. The standard InChI is InChI=1S/C17H18N2O3/c20-16(18-11-13-7-4-10-22-13)14-8-9-15(19-17(14)21)12-5-2-1-3-6-12/h1-3,5-6,8-9,13H,4,7,10-11H2,(H,18,20)(H,19,21)/t13-/m1/s1. The molecule has 0 unspecified atom stereocenters. The lowest BCUT2D eigenvalue weighted by Gasteiger charge is -2.10. The van der Waals surface area contributed by atoms with Gasteiger partial charge in [0, 0.05) is 18.8 Å². The predicted octanol–water partition coefficient (Wildman–Crippen LogP) is 1.95. The van der Waals surface area contributed by atoms with Gasteiger partial charge in [-0.25, -0.2) is 0 Å². The van der Waals surface area contributed by atoms with Crippen LogP contribution in [0.1, 0.15) is 23.2 Å². The molecule has 1 aliphatic heterocycles. The van der Waals surface area contributed by atoms with Crippen LogP contribution in [0.4, 0.5) is 0 Å². The summed E-state index contributed by atoms with van der Waals surface area (Å²) in [7, 11) is 0. The molecule has 2 heterocycles. The van der Waals surface area contributed by atoms with E-state index in [1.54, 1.807) is 12.1 Å². The Bertz CT molecular complexity index is 703. The Balaban J connectivity index is 1.71. The molecule has 1 atom stereocenters. The number of ether oxygens (including phenoxy) is 1. The van der Waals surface area contributed by atoms with Gasteiger partial charge in [-0.3, -0.25) is 9.59 Å². The molecule has 5 heteroatoms. The number of nitrogens with one attached hydrogen (secondary N) is 2. The van der Waals surface area contributed by atoms with Gasteiger partial charge in [-0.1, -0.05) is 30.3 Å². The van der Waals surface area contributed by atoms with E-state index in [0.29, 0.717) is 12.2 Å². The molecule has 1 fully saturated rings. The Morgan fingerprint density at radius 1 is 1.23 bits per heavy atom. The first-order valence-electron chi connectivity index (χ1n) is 7.42. The summed E-state index contributed by atoms with van der Waals surface area (Å²) in [4.78, 5) is 26.9. The van der Waals surface area contributed by atoms with E-state index in [1.165, 1.54) is 0 Å². The molecular weight excluding hydrogens is 280 g/mol. The highest BCUT2D eigenvalue weighted by molar-refractivity contribution is 5.94. The summed E-state index contributed by atoms with van der Waals surface area (Å²) >= 11 is 0. The summed E-state index contributed by atoms with van der Waals surface area (Å²) < 4.78 is 5.45. The van der Waals surface area contributed by atoms with E-state index in [4.69, 9.17) is 4.74 Å². The van der Waals surface area contributed by atoms with Crippen LogP contribution >= 0.6 is 0 Å². The number of rotatable bonds is 4. The third-order valence-electron chi connectivity index (χ3n) is 3.75. The summed E-state index contributed by atoms with van der Waals surface area (Å²) in [5, 5.41) is 2.76. The van der Waals surface area contributed by atoms with Gasteiger partial charge in [0.2, 0.25) is 0 Å². The van der Waals surface area contributed by atoms with Gasteiger partial charge in [0.05, 0.1) is 6.10 Å². The quantitative estimate of drug-likeness (QED) is 0.906. The number of pyridine rings is 1. The Morgan fingerprint density at radius 2 is 2.05 bits per heavy atom. The van der Waals surface area contributed by atoms with E-state index < -0.39 is 0 Å². The number of carbonyl (C=O) groups is 1. The number of benzene rings is 1. The first kappa shape index (κ1) is 14.5. The molecule has 2 N–H and O–H groups in total. The molecule has 0 aliphatic carbocycles. The van der Waals surface area contributed by atoms with E-state index in [1.807, 2.05) is 30.3 Å². The number of hydrogen-bond acceptors (Lipinski definition) is 3. The van der Waals surface area contributed by atoms with Crippen LogP contribution in [-0.4, -0.2) is 30.1 Å². The van der Waals surface area contributed by atoms with Crippen molar-refractivity contribution in [2.45, 2.75) is 18.9 Å². The first-order chi connectivity index (χ1) is 10.7. The highest BCUT2D eigenvalue weighted by atomic mass is 16.5. The second-order valence-electron chi connectivity index (χ2n) is 5.33. The second kappa shape index (κ2) is 6.58. The predicted molar refractivity (Wildman–Crippen MR) is 83.8 cm³/mol. The summed E-state index contributed by atoms with van der Waals surface area (Å²) in [6.07, 6.45) is 2.03. The van der Waals surface area contributed by atoms with Crippen LogP contribution in [-0.2, 0) is 4.74 Å². The number of hydrogen-bond donors (Lipinski definition) is 2. The smallest absolute Gasteiger partial charge is 0.261 e. The van der Waals surface area contributed by atoms with Crippen LogP contribution in [0.15, 0.2) is 47.3 Å². The molecule has 1 saturated heterocycles. The van der Waals surface area contributed by atoms with Gasteiger partial charge in [-0.2, -0.15) is 0 Å². The lowest BCUT2D eigenvalue weighted by atomic mass is 10.1. The molecule has 1 aromatic carbocycles. The maximum Gasteiger partial charge on any atom is 0.261 e. The summed E-state index contributed by atoms with van der Waals surface area (Å²) in [5.74, 6) is -0.364. The van der Waals surface area contributed by atoms with Crippen LogP contribution in [0.25, 0.3) is 11.3 Å². The largest absolute Gasteiger partial charge is 0.376 e. The highest BCUT2D eigenvalue weighted by Crippen LogP contribution is 2.15. The molecule has 5 nitrogen and oxygen atoms in total. The van der Waals surface area contributed by atoms with Crippen molar-refractivity contribution >= 4 is 5.91 Å². The molecule has 1 amide bonds. The maximum atomic E-state index is 12.1. The van der Waals surface area contributed by atoms with Gasteiger partial charge in [0.15, 0.2) is 0 Å². The lowest BCUT2D eigenvalue weighted by molar-refractivity contribution is 0.0856. The number of aromatic amines is 1. The average Bonchev–Trinajstić information content (AvgIpc) is 3.07. The first-order valence-corrected chi connectivity index (χ1v) is 7.42. The van der Waals surface area contributed by atoms with Crippen LogP contribution in [0.3, 0.4) is 0 Å². The van der Waals surface area contributed by atoms with Gasteiger partial charge < -0.3 is 15.0 Å². The Kier molecular flexibility index (Phi) is 4.34. The van der Waals surface area contributed by atoms with E-state index >= 15 is 0 Å². The Hall–Kier alpha value is -2.40. The Morgan fingerprint density at radius 3 is 2.73 bits per heavy atom. The zero-order valence-electron chi connectivity index (χ0n) is 12.2. The lowest BCUT2D eigenvalue weighted by Crippen LogP contribution is -2.35. The van der Waals surface area contributed by atoms with Crippen LogP contribution in [0.5, 0.6) is 0 Å². The molecule has 114 valence electrons. The van der Waals surface area contributed by atoms with Gasteiger partial charge in [0.25, 0.3) is 11.5 Å². The van der Waals surface area contributed by atoms with Crippen molar-refractivity contribution in [3.63, 3.8) is 0 Å². The van der Waals surface area contributed by atoms with Crippen molar-refractivity contribution in [3.8, 4) is 11.3 Å². The fourth-order valence-corrected chi connectivity index (χ4v) is 2.55. The minimum absolute atomic E-state index is 0.0617. The van der Waals surface area contributed by atoms with E-state index in [2.05, 4.69) is 10.3 Å². The molecule has 0 bridgehead atoms. The highest BCUT2D eigenvalue weighted by Gasteiger charge is 2.18. The zero-order valence-corrected chi connectivity index (χ0v) is 12.2. The van der Waals surface area contributed by atoms with Crippen LogP contribution < -0.4 is 10.9 Å². The van der Waals surface area contributed by atoms with Crippen molar-refractivity contribution in [3.05, 3.63) is 58.4 Å². The fraction of sp³-hybridized carbons (Fsp3) is 0.294. The summed E-state index contributed by atoms with van der Waals surface area (Å²) in [6.45, 7) is 1.19. The number of aromatic nitrogens is 1. The van der Waals surface area contributed by atoms with Gasteiger partial charge in [-0.05, 0) is 30.5 Å². The second-order valence-corrected chi connectivity index (χ2v) is 5.33. The molecule has 0 spiro atoms.